The molecular formula is C14H20N2O3S2. The van der Waals surface area contributed by atoms with Crippen LogP contribution in [0.15, 0.2) is 29.2 Å². The molecule has 7 heteroatoms. The van der Waals surface area contributed by atoms with Gasteiger partial charge >= 0.3 is 0 Å². The molecule has 21 heavy (non-hydrogen) atoms. The van der Waals surface area contributed by atoms with E-state index in [1.165, 1.54) is 0 Å². The minimum atomic E-state index is -3.37. The van der Waals surface area contributed by atoms with Crippen molar-refractivity contribution in [2.75, 3.05) is 33.0 Å². The average Bonchev–Trinajstić information content (AvgIpc) is 3.23. The molecule has 0 radical (unpaired) electrons. The van der Waals surface area contributed by atoms with Gasteiger partial charge in [0.1, 0.15) is 5.75 Å². The van der Waals surface area contributed by atoms with Crippen LogP contribution < -0.4 is 4.74 Å². The van der Waals surface area contributed by atoms with E-state index in [2.05, 4.69) is 10.6 Å². The van der Waals surface area contributed by atoms with Crippen molar-refractivity contribution in [2.45, 2.75) is 23.3 Å². The normalized spacial score (nSPS) is 25.0. The van der Waals surface area contributed by atoms with Crippen molar-refractivity contribution in [3.63, 3.8) is 0 Å². The summed E-state index contributed by atoms with van der Waals surface area (Å²) < 4.78 is 34.4. The van der Waals surface area contributed by atoms with Gasteiger partial charge in [-0.2, -0.15) is 4.31 Å². The maximum Gasteiger partial charge on any atom is 0.243 e. The Morgan fingerprint density at radius 2 is 1.81 bits per heavy atom. The van der Waals surface area contributed by atoms with Crippen molar-refractivity contribution in [2.24, 2.45) is 0 Å². The van der Waals surface area contributed by atoms with Gasteiger partial charge in [0.2, 0.25) is 10.0 Å². The topological polar surface area (TPSA) is 49.6 Å². The van der Waals surface area contributed by atoms with E-state index in [9.17, 15) is 8.42 Å². The van der Waals surface area contributed by atoms with Crippen LogP contribution in [0, 0.1) is 0 Å². The summed E-state index contributed by atoms with van der Waals surface area (Å²) in [5, 5.41) is 0. The van der Waals surface area contributed by atoms with Gasteiger partial charge in [-0.3, -0.25) is 4.31 Å². The molecule has 0 saturated carbocycles. The molecule has 2 aliphatic heterocycles. The fraction of sp³-hybridized carbons (Fsp3) is 0.571. The highest BCUT2D eigenvalue weighted by Crippen LogP contribution is 2.46. The molecule has 1 aromatic rings. The lowest BCUT2D eigenvalue weighted by molar-refractivity contribution is 0.301. The Balaban J connectivity index is 1.75. The lowest BCUT2D eigenvalue weighted by Gasteiger charge is -2.30. The van der Waals surface area contributed by atoms with E-state index in [4.69, 9.17) is 4.74 Å². The van der Waals surface area contributed by atoms with Gasteiger partial charge in [0.25, 0.3) is 0 Å². The van der Waals surface area contributed by atoms with Gasteiger partial charge < -0.3 is 4.74 Å². The second-order valence-electron chi connectivity index (χ2n) is 5.52. The van der Waals surface area contributed by atoms with E-state index in [1.54, 1.807) is 47.6 Å². The molecule has 1 atom stereocenters. The Labute approximate surface area is 130 Å². The van der Waals surface area contributed by atoms with Crippen LogP contribution in [-0.4, -0.2) is 55.6 Å². The number of sulfonamides is 1. The molecule has 2 heterocycles. The number of ether oxygens (including phenoxy) is 1. The first-order valence-corrected chi connectivity index (χ1v) is 9.60. The zero-order chi connectivity index (χ0) is 15.1. The summed E-state index contributed by atoms with van der Waals surface area (Å²) in [6.45, 7) is 2.56. The fourth-order valence-corrected chi connectivity index (χ4v) is 5.32. The van der Waals surface area contributed by atoms with E-state index in [-0.39, 0.29) is 5.54 Å². The minimum Gasteiger partial charge on any atom is -0.497 e. The van der Waals surface area contributed by atoms with Crippen LogP contribution in [0.3, 0.4) is 0 Å². The number of hydrogen-bond acceptors (Lipinski definition) is 5. The van der Waals surface area contributed by atoms with Crippen LogP contribution in [0.4, 0.5) is 0 Å². The van der Waals surface area contributed by atoms with Crippen molar-refractivity contribution in [3.8, 4) is 5.75 Å². The Morgan fingerprint density at radius 1 is 1.19 bits per heavy atom. The summed E-state index contributed by atoms with van der Waals surface area (Å²) in [5.41, 5.74) is -0.134. The van der Waals surface area contributed by atoms with Gasteiger partial charge in [0, 0.05) is 19.6 Å². The van der Waals surface area contributed by atoms with Crippen LogP contribution in [0.2, 0.25) is 0 Å². The first-order valence-electron chi connectivity index (χ1n) is 6.98. The smallest absolute Gasteiger partial charge is 0.243 e. The summed E-state index contributed by atoms with van der Waals surface area (Å²) in [5.74, 6) is 0.669. The zero-order valence-electron chi connectivity index (χ0n) is 12.3. The van der Waals surface area contributed by atoms with Crippen molar-refractivity contribution in [1.82, 2.24) is 8.61 Å². The summed E-state index contributed by atoms with van der Waals surface area (Å²) in [7, 11) is -1.80. The quantitative estimate of drug-likeness (QED) is 0.623. The minimum absolute atomic E-state index is 0.134. The van der Waals surface area contributed by atoms with Crippen LogP contribution in [0.1, 0.15) is 12.8 Å². The van der Waals surface area contributed by atoms with Crippen LogP contribution >= 0.6 is 11.9 Å². The predicted octanol–water partition coefficient (Wildman–Crippen LogP) is 1.81. The number of hydrogen-bond donors (Lipinski definition) is 0. The molecule has 1 spiro atoms. The third-order valence-corrected chi connectivity index (χ3v) is 7.27. The highest BCUT2D eigenvalue weighted by molar-refractivity contribution is 7.96. The first kappa shape index (κ1) is 15.1. The van der Waals surface area contributed by atoms with Crippen molar-refractivity contribution >= 4 is 22.0 Å². The molecule has 116 valence electrons. The Kier molecular flexibility index (Phi) is 3.94. The van der Waals surface area contributed by atoms with E-state index < -0.39 is 10.0 Å². The standard InChI is InChI=1S/C14H20N2O3S2/c1-19-12-3-5-13(6-4-12)21(17,18)16-11-14(16)7-9-15(20-2)10-8-14/h3-6H,7-11H2,1-2H3. The first-order chi connectivity index (χ1) is 10.0. The number of methoxy groups -OCH3 is 1. The molecule has 2 fully saturated rings. The summed E-state index contributed by atoms with van der Waals surface area (Å²) >= 11 is 1.73. The van der Waals surface area contributed by atoms with Crippen molar-refractivity contribution < 1.29 is 13.2 Å². The maximum absolute atomic E-state index is 12.7. The highest BCUT2D eigenvalue weighted by atomic mass is 32.2. The van der Waals surface area contributed by atoms with Gasteiger partial charge in [-0.05, 0) is 43.4 Å². The molecule has 0 aromatic heterocycles. The molecule has 0 bridgehead atoms. The van der Waals surface area contributed by atoms with Crippen LogP contribution in [0.5, 0.6) is 5.75 Å². The predicted molar refractivity (Wildman–Crippen MR) is 83.9 cm³/mol. The van der Waals surface area contributed by atoms with E-state index >= 15 is 0 Å². The number of rotatable bonds is 4. The number of nitrogens with zero attached hydrogens (tertiary/aromatic N) is 2. The molecule has 1 aromatic carbocycles. The zero-order valence-corrected chi connectivity index (χ0v) is 13.9. The summed E-state index contributed by atoms with van der Waals surface area (Å²) in [6, 6.07) is 6.63. The fourth-order valence-electron chi connectivity index (χ4n) is 2.94. The Morgan fingerprint density at radius 3 is 2.33 bits per heavy atom. The average molecular weight is 328 g/mol. The monoisotopic (exact) mass is 328 g/mol. The SMILES string of the molecule is COc1ccc(S(=O)(=O)N2CC23CCN(SC)CC3)cc1. The van der Waals surface area contributed by atoms with Crippen LogP contribution in [0.25, 0.3) is 0 Å². The van der Waals surface area contributed by atoms with Gasteiger partial charge in [0.05, 0.1) is 17.5 Å². The molecule has 0 aliphatic carbocycles. The molecule has 2 aliphatic rings. The van der Waals surface area contributed by atoms with E-state index in [0.29, 0.717) is 17.2 Å². The van der Waals surface area contributed by atoms with Gasteiger partial charge in [-0.25, -0.2) is 8.42 Å². The second kappa shape index (κ2) is 5.46. The molecule has 0 amide bonds. The molecule has 3 rings (SSSR count). The van der Waals surface area contributed by atoms with E-state index in [0.717, 1.165) is 25.9 Å². The van der Waals surface area contributed by atoms with Gasteiger partial charge in [-0.1, -0.05) is 11.9 Å². The van der Waals surface area contributed by atoms with Crippen molar-refractivity contribution in [3.05, 3.63) is 24.3 Å². The van der Waals surface area contributed by atoms with Crippen molar-refractivity contribution in [1.29, 1.82) is 0 Å². The third kappa shape index (κ3) is 2.67. The maximum atomic E-state index is 12.7. The lowest BCUT2D eigenvalue weighted by Crippen LogP contribution is -2.37. The largest absolute Gasteiger partial charge is 0.497 e. The molecule has 5 nitrogen and oxygen atoms in total. The molecule has 0 N–H and O–H groups in total. The highest BCUT2D eigenvalue weighted by Gasteiger charge is 2.59. The Hall–Kier alpha value is -0.760. The second-order valence-corrected chi connectivity index (χ2v) is 8.27. The lowest BCUT2D eigenvalue weighted by atomic mass is 9.99. The molecule has 2 saturated heterocycles. The number of piperidine rings is 1. The summed E-state index contributed by atoms with van der Waals surface area (Å²) in [4.78, 5) is 0.354. The Bertz CT molecular complexity index is 608. The van der Waals surface area contributed by atoms with Crippen LogP contribution in [-0.2, 0) is 10.0 Å². The van der Waals surface area contributed by atoms with Gasteiger partial charge in [-0.15, -0.1) is 0 Å². The van der Waals surface area contributed by atoms with E-state index in [1.807, 2.05) is 0 Å². The third-order valence-electron chi connectivity index (χ3n) is 4.42. The van der Waals surface area contributed by atoms with Gasteiger partial charge in [0.15, 0.2) is 0 Å². The summed E-state index contributed by atoms with van der Waals surface area (Å²) in [6.07, 6.45) is 3.91. The molecule has 1 unspecified atom stereocenters. The number of benzene rings is 1. The molecular weight excluding hydrogens is 308 g/mol.